The summed E-state index contributed by atoms with van der Waals surface area (Å²) in [4.78, 5) is 15.1. The van der Waals surface area contributed by atoms with Gasteiger partial charge in [-0.2, -0.15) is 0 Å². The van der Waals surface area contributed by atoms with Crippen molar-refractivity contribution in [2.45, 2.75) is 6.92 Å². The second kappa shape index (κ2) is 3.46. The third kappa shape index (κ3) is 1.57. The summed E-state index contributed by atoms with van der Waals surface area (Å²) in [5.41, 5.74) is 2.78. The Morgan fingerprint density at radius 1 is 1.29 bits per heavy atom. The minimum absolute atomic E-state index is 0.407. The molecule has 2 rings (SSSR count). The van der Waals surface area contributed by atoms with Crippen molar-refractivity contribution in [2.24, 2.45) is 5.16 Å². The molecule has 3 nitrogen and oxygen atoms in total. The first kappa shape index (κ1) is 8.69. The zero-order valence-electron chi connectivity index (χ0n) is 7.73. The molecule has 1 aromatic carbocycles. The van der Waals surface area contributed by atoms with E-state index in [1.165, 1.54) is 6.92 Å². The summed E-state index contributed by atoms with van der Waals surface area (Å²) in [7, 11) is 0. The molecule has 0 amide bonds. The maximum Gasteiger partial charge on any atom is 0.332 e. The minimum atomic E-state index is -0.407. The van der Waals surface area contributed by atoms with Gasteiger partial charge in [0, 0.05) is 12.5 Å². The minimum Gasteiger partial charge on any atom is -0.318 e. The molecule has 14 heavy (non-hydrogen) atoms. The third-order valence-corrected chi connectivity index (χ3v) is 1.93. The van der Waals surface area contributed by atoms with Crippen LogP contribution in [-0.2, 0) is 9.63 Å². The second-order valence-corrected chi connectivity index (χ2v) is 2.98. The van der Waals surface area contributed by atoms with Gasteiger partial charge in [-0.3, -0.25) is 0 Å². The van der Waals surface area contributed by atoms with Crippen molar-refractivity contribution in [3.8, 4) is 0 Å². The standard InChI is InChI=1S/C11H9NO2/c1-8(13)14-12-11-7-6-9-4-2-3-5-10(9)11/h2-7H,1H3. The van der Waals surface area contributed by atoms with Gasteiger partial charge in [-0.1, -0.05) is 35.5 Å². The van der Waals surface area contributed by atoms with Crippen molar-refractivity contribution in [1.29, 1.82) is 0 Å². The van der Waals surface area contributed by atoms with E-state index in [1.54, 1.807) is 0 Å². The molecule has 0 fully saturated rings. The van der Waals surface area contributed by atoms with E-state index in [0.29, 0.717) is 5.71 Å². The summed E-state index contributed by atoms with van der Waals surface area (Å²) in [5, 5.41) is 3.74. The van der Waals surface area contributed by atoms with Crippen LogP contribution in [0.1, 0.15) is 18.1 Å². The van der Waals surface area contributed by atoms with Gasteiger partial charge in [-0.05, 0) is 11.6 Å². The Kier molecular flexibility index (Phi) is 2.14. The Balaban J connectivity index is 2.30. The van der Waals surface area contributed by atoms with Gasteiger partial charge < -0.3 is 4.84 Å². The highest BCUT2D eigenvalue weighted by atomic mass is 16.7. The van der Waals surface area contributed by atoms with Crippen LogP contribution in [0.25, 0.3) is 6.08 Å². The van der Waals surface area contributed by atoms with Gasteiger partial charge in [0.25, 0.3) is 0 Å². The Morgan fingerprint density at radius 2 is 2.07 bits per heavy atom. The summed E-state index contributed by atoms with van der Waals surface area (Å²) in [6.07, 6.45) is 3.77. The Morgan fingerprint density at radius 3 is 2.86 bits per heavy atom. The van der Waals surface area contributed by atoms with Crippen LogP contribution in [0.15, 0.2) is 35.5 Å². The van der Waals surface area contributed by atoms with Crippen LogP contribution in [0.5, 0.6) is 0 Å². The molecular formula is C11H9NO2. The Hall–Kier alpha value is -1.90. The number of oxime groups is 1. The first-order valence-corrected chi connectivity index (χ1v) is 4.30. The molecule has 0 saturated heterocycles. The molecule has 0 heterocycles. The van der Waals surface area contributed by atoms with E-state index < -0.39 is 5.97 Å². The summed E-state index contributed by atoms with van der Waals surface area (Å²) in [6, 6.07) is 7.81. The van der Waals surface area contributed by atoms with Crippen molar-refractivity contribution in [1.82, 2.24) is 0 Å². The second-order valence-electron chi connectivity index (χ2n) is 2.98. The fourth-order valence-electron chi connectivity index (χ4n) is 1.33. The van der Waals surface area contributed by atoms with Gasteiger partial charge in [0.2, 0.25) is 0 Å². The van der Waals surface area contributed by atoms with Crippen molar-refractivity contribution in [2.75, 3.05) is 0 Å². The van der Waals surface area contributed by atoms with Crippen LogP contribution >= 0.6 is 0 Å². The number of hydrogen-bond acceptors (Lipinski definition) is 3. The predicted octanol–water partition coefficient (Wildman–Crippen LogP) is 1.98. The fourth-order valence-corrected chi connectivity index (χ4v) is 1.33. The summed E-state index contributed by atoms with van der Waals surface area (Å²) < 4.78 is 0. The largest absolute Gasteiger partial charge is 0.332 e. The van der Waals surface area contributed by atoms with E-state index in [-0.39, 0.29) is 0 Å². The van der Waals surface area contributed by atoms with Gasteiger partial charge in [0.15, 0.2) is 0 Å². The molecule has 0 aliphatic heterocycles. The fraction of sp³-hybridized carbons (Fsp3) is 0.0909. The van der Waals surface area contributed by atoms with Crippen LogP contribution in [0, 0.1) is 0 Å². The number of benzene rings is 1. The first-order chi connectivity index (χ1) is 6.77. The number of allylic oxidation sites excluding steroid dienone is 1. The normalized spacial score (nSPS) is 15.6. The van der Waals surface area contributed by atoms with Crippen LogP contribution in [0.4, 0.5) is 0 Å². The van der Waals surface area contributed by atoms with E-state index in [2.05, 4.69) is 9.99 Å². The molecule has 3 heteroatoms. The lowest BCUT2D eigenvalue weighted by Gasteiger charge is -1.98. The van der Waals surface area contributed by atoms with Gasteiger partial charge in [-0.15, -0.1) is 0 Å². The van der Waals surface area contributed by atoms with E-state index in [0.717, 1.165) is 11.1 Å². The van der Waals surface area contributed by atoms with Crippen LogP contribution in [0.3, 0.4) is 0 Å². The highest BCUT2D eigenvalue weighted by Gasteiger charge is 2.11. The highest BCUT2D eigenvalue weighted by Crippen LogP contribution is 2.19. The van der Waals surface area contributed by atoms with Crippen molar-refractivity contribution < 1.29 is 9.63 Å². The number of carbonyl (C=O) groups excluding carboxylic acids is 1. The molecular weight excluding hydrogens is 178 g/mol. The van der Waals surface area contributed by atoms with Gasteiger partial charge in [0.05, 0.1) is 0 Å². The van der Waals surface area contributed by atoms with E-state index in [4.69, 9.17) is 0 Å². The first-order valence-electron chi connectivity index (χ1n) is 4.30. The Bertz CT molecular complexity index is 433. The SMILES string of the molecule is CC(=O)ON=C1C=Cc2ccccc21. The molecule has 1 aromatic rings. The zero-order chi connectivity index (χ0) is 9.97. The van der Waals surface area contributed by atoms with E-state index in [1.807, 2.05) is 36.4 Å². The molecule has 0 bridgehead atoms. The lowest BCUT2D eigenvalue weighted by Crippen LogP contribution is -1.98. The molecule has 0 atom stereocenters. The topological polar surface area (TPSA) is 38.7 Å². The summed E-state index contributed by atoms with van der Waals surface area (Å²) in [6.45, 7) is 1.33. The number of rotatable bonds is 1. The maximum absolute atomic E-state index is 10.6. The number of carbonyl (C=O) groups is 1. The highest BCUT2D eigenvalue weighted by molar-refractivity contribution is 6.16. The number of nitrogens with zero attached hydrogens (tertiary/aromatic N) is 1. The number of hydrogen-bond donors (Lipinski definition) is 0. The van der Waals surface area contributed by atoms with Crippen LogP contribution in [0.2, 0.25) is 0 Å². The molecule has 70 valence electrons. The van der Waals surface area contributed by atoms with Crippen LogP contribution in [-0.4, -0.2) is 11.7 Å². The van der Waals surface area contributed by atoms with Crippen LogP contribution < -0.4 is 0 Å². The molecule has 0 spiro atoms. The molecule has 0 saturated carbocycles. The number of fused-ring (bicyclic) bond motifs is 1. The monoisotopic (exact) mass is 187 g/mol. The summed E-state index contributed by atoms with van der Waals surface area (Å²) >= 11 is 0. The smallest absolute Gasteiger partial charge is 0.318 e. The Labute approximate surface area is 81.7 Å². The molecule has 0 unspecified atom stereocenters. The predicted molar refractivity (Wildman–Crippen MR) is 53.8 cm³/mol. The van der Waals surface area contributed by atoms with Crippen molar-refractivity contribution in [3.05, 3.63) is 41.5 Å². The third-order valence-electron chi connectivity index (χ3n) is 1.93. The van der Waals surface area contributed by atoms with E-state index in [9.17, 15) is 4.79 Å². The molecule has 0 N–H and O–H groups in total. The quantitative estimate of drug-likeness (QED) is 0.498. The molecule has 0 radical (unpaired) electrons. The lowest BCUT2D eigenvalue weighted by molar-refractivity contribution is -0.140. The maximum atomic E-state index is 10.6. The summed E-state index contributed by atoms with van der Waals surface area (Å²) in [5.74, 6) is -0.407. The average Bonchev–Trinajstić information content (AvgIpc) is 2.58. The van der Waals surface area contributed by atoms with Crippen molar-refractivity contribution >= 4 is 17.8 Å². The van der Waals surface area contributed by atoms with Gasteiger partial charge in [-0.25, -0.2) is 4.79 Å². The van der Waals surface area contributed by atoms with Crippen molar-refractivity contribution in [3.63, 3.8) is 0 Å². The molecule has 1 aliphatic rings. The van der Waals surface area contributed by atoms with Gasteiger partial charge >= 0.3 is 5.97 Å². The average molecular weight is 187 g/mol. The zero-order valence-corrected chi connectivity index (χ0v) is 7.73. The van der Waals surface area contributed by atoms with Gasteiger partial charge in [0.1, 0.15) is 5.71 Å². The molecule has 0 aromatic heterocycles. The molecule has 1 aliphatic carbocycles. The van der Waals surface area contributed by atoms with E-state index >= 15 is 0 Å². The lowest BCUT2D eigenvalue weighted by atomic mass is 10.1.